The molecule has 0 atom stereocenters. The summed E-state index contributed by atoms with van der Waals surface area (Å²) in [5.41, 5.74) is 0. The van der Waals surface area contributed by atoms with Crippen LogP contribution in [-0.4, -0.2) is 13.1 Å². The van der Waals surface area contributed by atoms with Crippen molar-refractivity contribution in [2.24, 2.45) is 0 Å². The highest BCUT2D eigenvalue weighted by Gasteiger charge is 2.10. The van der Waals surface area contributed by atoms with Gasteiger partial charge in [0.25, 0.3) is 6.47 Å². The second-order valence-electron chi connectivity index (χ2n) is 2.33. The van der Waals surface area contributed by atoms with Crippen molar-refractivity contribution in [1.82, 2.24) is 0 Å². The van der Waals surface area contributed by atoms with E-state index >= 15 is 0 Å². The quantitative estimate of drug-likeness (QED) is 0.428. The van der Waals surface area contributed by atoms with Gasteiger partial charge >= 0.3 is 0 Å². The van der Waals surface area contributed by atoms with Crippen LogP contribution < -0.4 is 0 Å². The average Bonchev–Trinajstić information content (AvgIpc) is 2.26. The van der Waals surface area contributed by atoms with Crippen LogP contribution in [0.2, 0.25) is 25.1 Å². The van der Waals surface area contributed by atoms with E-state index < -0.39 is 0 Å². The van der Waals surface area contributed by atoms with Crippen molar-refractivity contribution in [3.8, 4) is 0 Å². The van der Waals surface area contributed by atoms with E-state index in [9.17, 15) is 4.79 Å². The van der Waals surface area contributed by atoms with E-state index in [0.717, 1.165) is 0 Å². The van der Waals surface area contributed by atoms with E-state index in [4.69, 9.17) is 58.0 Å². The van der Waals surface area contributed by atoms with Gasteiger partial charge in [0.2, 0.25) is 0 Å². The highest BCUT2D eigenvalue weighted by Crippen LogP contribution is 2.40. The number of halogens is 5. The minimum atomic E-state index is 0.186. The number of hydrogen-bond acceptors (Lipinski definition) is 2. The largest absolute Gasteiger partial charge is 0.468 e. The molecule has 0 aliphatic heterocycles. The van der Waals surface area contributed by atoms with Crippen LogP contribution in [0.15, 0.2) is 6.07 Å². The van der Waals surface area contributed by atoms with Crippen molar-refractivity contribution in [2.45, 2.75) is 6.92 Å². The molecule has 7 heteroatoms. The molecule has 16 heavy (non-hydrogen) atoms. The molecular formula is C9H7Cl5O2. The smallest absolute Gasteiger partial charge is 0.293 e. The molecule has 0 saturated carbocycles. The second kappa shape index (κ2) is 8.26. The van der Waals surface area contributed by atoms with Gasteiger partial charge in [-0.15, -0.1) is 0 Å². The first-order valence-corrected chi connectivity index (χ1v) is 5.88. The molecule has 0 amide bonds. The fourth-order valence-electron chi connectivity index (χ4n) is 0.612. The number of rotatable bonds is 2. The molecule has 0 radical (unpaired) electrons. The topological polar surface area (TPSA) is 26.3 Å². The zero-order valence-corrected chi connectivity index (χ0v) is 11.8. The summed E-state index contributed by atoms with van der Waals surface area (Å²) < 4.78 is 4.15. The maximum Gasteiger partial charge on any atom is 0.293 e. The van der Waals surface area contributed by atoms with Crippen LogP contribution in [0.25, 0.3) is 0 Å². The van der Waals surface area contributed by atoms with Crippen molar-refractivity contribution < 1.29 is 9.53 Å². The fourth-order valence-corrected chi connectivity index (χ4v) is 1.72. The van der Waals surface area contributed by atoms with Gasteiger partial charge in [-0.25, -0.2) is 0 Å². The highest BCUT2D eigenvalue weighted by atomic mass is 35.5. The molecule has 1 rings (SSSR count). The minimum Gasteiger partial charge on any atom is -0.468 e. The molecule has 1 aromatic rings. The number of benzene rings is 1. The lowest BCUT2D eigenvalue weighted by molar-refractivity contribution is -0.128. The van der Waals surface area contributed by atoms with Gasteiger partial charge in [0.15, 0.2) is 0 Å². The maximum absolute atomic E-state index is 9.18. The number of carbonyl (C=O) groups is 1. The molecule has 0 fully saturated rings. The number of hydrogen-bond donors (Lipinski definition) is 0. The Balaban J connectivity index is 0.000000385. The van der Waals surface area contributed by atoms with Gasteiger partial charge in [-0.1, -0.05) is 58.0 Å². The van der Waals surface area contributed by atoms with E-state index in [2.05, 4.69) is 4.74 Å². The SMILES string of the molecule is CCOC=O.Clc1cc(Cl)c(Cl)c(Cl)c1Cl. The third-order valence-electron chi connectivity index (χ3n) is 1.29. The Kier molecular flexibility index (Phi) is 8.34. The predicted octanol–water partition coefficient (Wildman–Crippen LogP) is 5.13. The first kappa shape index (κ1) is 16.1. The van der Waals surface area contributed by atoms with E-state index in [-0.39, 0.29) is 15.1 Å². The van der Waals surface area contributed by atoms with Crippen LogP contribution in [0.5, 0.6) is 0 Å². The summed E-state index contributed by atoms with van der Waals surface area (Å²) in [7, 11) is 0. The highest BCUT2D eigenvalue weighted by molar-refractivity contribution is 6.54. The molecule has 0 bridgehead atoms. The van der Waals surface area contributed by atoms with Crippen molar-refractivity contribution in [3.63, 3.8) is 0 Å². The van der Waals surface area contributed by atoms with E-state index in [1.54, 1.807) is 6.92 Å². The Morgan fingerprint density at radius 2 is 1.50 bits per heavy atom. The van der Waals surface area contributed by atoms with Gasteiger partial charge in [0.1, 0.15) is 0 Å². The molecular weight excluding hydrogens is 317 g/mol. The summed E-state index contributed by atoms with van der Waals surface area (Å²) >= 11 is 28.2. The molecule has 90 valence electrons. The van der Waals surface area contributed by atoms with Gasteiger partial charge in [0, 0.05) is 0 Å². The molecule has 0 unspecified atom stereocenters. The Bertz CT molecular complexity index is 341. The number of carbonyl (C=O) groups excluding carboxylic acids is 1. The van der Waals surface area contributed by atoms with Gasteiger partial charge in [-0.2, -0.15) is 0 Å². The monoisotopic (exact) mass is 322 g/mol. The van der Waals surface area contributed by atoms with Gasteiger partial charge in [0.05, 0.1) is 31.7 Å². The third-order valence-corrected chi connectivity index (χ3v) is 3.44. The first-order chi connectivity index (χ1) is 7.45. The van der Waals surface area contributed by atoms with Crippen molar-refractivity contribution in [1.29, 1.82) is 0 Å². The molecule has 0 aromatic heterocycles. The zero-order chi connectivity index (χ0) is 12.7. The Morgan fingerprint density at radius 1 is 1.06 bits per heavy atom. The summed E-state index contributed by atoms with van der Waals surface area (Å²) in [5, 5.41) is 1.23. The lowest BCUT2D eigenvalue weighted by Gasteiger charge is -2.02. The van der Waals surface area contributed by atoms with Crippen molar-refractivity contribution in [3.05, 3.63) is 31.2 Å². The Hall–Kier alpha value is 0.140. The van der Waals surface area contributed by atoms with Gasteiger partial charge in [-0.05, 0) is 13.0 Å². The average molecular weight is 324 g/mol. The van der Waals surface area contributed by atoms with Gasteiger partial charge < -0.3 is 4.74 Å². The van der Waals surface area contributed by atoms with Crippen LogP contribution in [0.3, 0.4) is 0 Å². The third kappa shape index (κ3) is 4.98. The Morgan fingerprint density at radius 3 is 1.75 bits per heavy atom. The summed E-state index contributed by atoms with van der Waals surface area (Å²) in [6, 6.07) is 1.44. The van der Waals surface area contributed by atoms with Crippen LogP contribution >= 0.6 is 58.0 Å². The summed E-state index contributed by atoms with van der Waals surface area (Å²) in [4.78, 5) is 9.18. The minimum absolute atomic E-state index is 0.186. The zero-order valence-electron chi connectivity index (χ0n) is 8.07. The molecule has 0 saturated heterocycles. The van der Waals surface area contributed by atoms with Crippen LogP contribution in [-0.2, 0) is 9.53 Å². The molecule has 0 N–H and O–H groups in total. The molecule has 2 nitrogen and oxygen atoms in total. The molecule has 0 aliphatic carbocycles. The molecule has 1 aromatic carbocycles. The summed E-state index contributed by atoms with van der Waals surface area (Å²) in [5.74, 6) is 0. The molecule has 0 aliphatic rings. The first-order valence-electron chi connectivity index (χ1n) is 3.99. The number of ether oxygens (including phenoxy) is 1. The summed E-state index contributed by atoms with van der Waals surface area (Å²) in [6.45, 7) is 2.66. The second-order valence-corrected chi connectivity index (χ2v) is 4.28. The van der Waals surface area contributed by atoms with Crippen LogP contribution in [0.1, 0.15) is 6.92 Å². The van der Waals surface area contributed by atoms with Crippen molar-refractivity contribution >= 4 is 64.5 Å². The summed E-state index contributed by atoms with van der Waals surface area (Å²) in [6.07, 6.45) is 0. The van der Waals surface area contributed by atoms with E-state index in [0.29, 0.717) is 23.1 Å². The lowest BCUT2D eigenvalue weighted by atomic mass is 10.3. The molecule has 0 heterocycles. The molecule has 0 spiro atoms. The van der Waals surface area contributed by atoms with Gasteiger partial charge in [-0.3, -0.25) is 4.79 Å². The van der Waals surface area contributed by atoms with Crippen LogP contribution in [0, 0.1) is 0 Å². The van der Waals surface area contributed by atoms with Crippen molar-refractivity contribution in [2.75, 3.05) is 6.61 Å². The van der Waals surface area contributed by atoms with Crippen LogP contribution in [0.4, 0.5) is 0 Å². The lowest BCUT2D eigenvalue weighted by Crippen LogP contribution is -1.80. The van der Waals surface area contributed by atoms with E-state index in [1.165, 1.54) is 6.07 Å². The predicted molar refractivity (Wildman–Crippen MR) is 69.2 cm³/mol. The fraction of sp³-hybridized carbons (Fsp3) is 0.222. The Labute approximate surface area is 118 Å². The van der Waals surface area contributed by atoms with E-state index in [1.807, 2.05) is 0 Å². The normalized spacial score (nSPS) is 9.12. The standard InChI is InChI=1S/C6HCl5.C3H6O2/c7-2-1-3(8)5(10)6(11)4(2)9;1-2-5-3-4/h1H;3H,2H2,1H3. The maximum atomic E-state index is 9.18.